The molecule has 0 aromatic heterocycles. The fourth-order valence-corrected chi connectivity index (χ4v) is 3.40. The highest BCUT2D eigenvalue weighted by Crippen LogP contribution is 2.27. The van der Waals surface area contributed by atoms with Crippen LogP contribution in [0.25, 0.3) is 0 Å². The summed E-state index contributed by atoms with van der Waals surface area (Å²) < 4.78 is 0. The quantitative estimate of drug-likeness (QED) is 0.369. The van der Waals surface area contributed by atoms with Crippen LogP contribution in [-0.4, -0.2) is 16.0 Å². The van der Waals surface area contributed by atoms with Gasteiger partial charge in [0, 0.05) is 5.56 Å². The van der Waals surface area contributed by atoms with E-state index in [0.717, 1.165) is 12.8 Å². The van der Waals surface area contributed by atoms with Gasteiger partial charge in [0.15, 0.2) is 5.78 Å². The average Bonchev–Trinajstić information content (AvgIpc) is 2.72. The number of carbonyl (C=O) groups excluding carboxylic acids is 1. The molecular formula is C24H32O3. The Morgan fingerprint density at radius 3 is 2.11 bits per heavy atom. The van der Waals surface area contributed by atoms with Crippen LogP contribution in [0.3, 0.4) is 0 Å². The van der Waals surface area contributed by atoms with Crippen LogP contribution in [0.1, 0.15) is 92.0 Å². The third-order valence-corrected chi connectivity index (χ3v) is 5.03. The zero-order chi connectivity index (χ0) is 19.5. The number of hydrogen-bond donors (Lipinski definition) is 2. The van der Waals surface area contributed by atoms with Crippen LogP contribution in [0.4, 0.5) is 0 Å². The molecule has 0 fully saturated rings. The Morgan fingerprint density at radius 1 is 0.815 bits per heavy atom. The number of carbonyl (C=O) groups is 1. The molecular weight excluding hydrogens is 336 g/mol. The molecule has 2 atom stereocenters. The molecule has 0 bridgehead atoms. The number of benzene rings is 2. The van der Waals surface area contributed by atoms with Gasteiger partial charge in [-0.05, 0) is 17.5 Å². The van der Waals surface area contributed by atoms with Gasteiger partial charge < -0.3 is 10.2 Å². The van der Waals surface area contributed by atoms with E-state index in [1.165, 1.54) is 32.1 Å². The first-order valence-electron chi connectivity index (χ1n) is 10.2. The van der Waals surface area contributed by atoms with Crippen LogP contribution in [0.2, 0.25) is 0 Å². The van der Waals surface area contributed by atoms with E-state index in [1.807, 2.05) is 12.1 Å². The molecule has 0 aliphatic carbocycles. The van der Waals surface area contributed by atoms with Crippen molar-refractivity contribution in [1.29, 1.82) is 0 Å². The van der Waals surface area contributed by atoms with Gasteiger partial charge in [0.25, 0.3) is 0 Å². The molecule has 2 aromatic rings. The van der Waals surface area contributed by atoms with E-state index >= 15 is 0 Å². The molecule has 0 saturated heterocycles. The minimum atomic E-state index is -1.21. The van der Waals surface area contributed by atoms with E-state index in [-0.39, 0.29) is 5.78 Å². The van der Waals surface area contributed by atoms with Crippen molar-refractivity contribution in [2.45, 2.75) is 70.5 Å². The van der Waals surface area contributed by atoms with Crippen LogP contribution in [0.15, 0.2) is 54.6 Å². The van der Waals surface area contributed by atoms with Crippen LogP contribution in [-0.2, 0) is 0 Å². The lowest BCUT2D eigenvalue weighted by atomic mass is 9.92. The molecule has 0 aliphatic heterocycles. The molecule has 0 heterocycles. The minimum absolute atomic E-state index is 0.365. The smallest absolute Gasteiger partial charge is 0.196 e. The van der Waals surface area contributed by atoms with Crippen molar-refractivity contribution in [3.8, 4) is 0 Å². The largest absolute Gasteiger partial charge is 0.388 e. The van der Waals surface area contributed by atoms with Gasteiger partial charge in [-0.15, -0.1) is 0 Å². The molecule has 0 aliphatic rings. The van der Waals surface area contributed by atoms with Crippen molar-refractivity contribution in [2.24, 2.45) is 0 Å². The molecule has 3 nitrogen and oxygen atoms in total. The van der Waals surface area contributed by atoms with Crippen molar-refractivity contribution >= 4 is 5.78 Å². The second-order valence-corrected chi connectivity index (χ2v) is 7.19. The number of aliphatic hydroxyl groups is 2. The summed E-state index contributed by atoms with van der Waals surface area (Å²) in [5.74, 6) is -0.365. The van der Waals surface area contributed by atoms with Crippen LogP contribution < -0.4 is 0 Å². The van der Waals surface area contributed by atoms with Crippen molar-refractivity contribution in [3.05, 3.63) is 71.3 Å². The van der Waals surface area contributed by atoms with E-state index < -0.39 is 12.2 Å². The second-order valence-electron chi connectivity index (χ2n) is 7.19. The van der Waals surface area contributed by atoms with Gasteiger partial charge in [-0.3, -0.25) is 4.79 Å². The fraction of sp³-hybridized carbons (Fsp3) is 0.458. The Kier molecular flexibility index (Phi) is 9.23. The molecule has 2 rings (SSSR count). The predicted molar refractivity (Wildman–Crippen MR) is 110 cm³/mol. The average molecular weight is 369 g/mol. The molecule has 27 heavy (non-hydrogen) atoms. The van der Waals surface area contributed by atoms with E-state index in [2.05, 4.69) is 6.92 Å². The summed E-state index contributed by atoms with van der Waals surface area (Å²) in [6.07, 6.45) is 7.07. The summed E-state index contributed by atoms with van der Waals surface area (Å²) in [6, 6.07) is 16.0. The van der Waals surface area contributed by atoms with Crippen molar-refractivity contribution < 1.29 is 15.0 Å². The molecule has 0 spiro atoms. The lowest BCUT2D eigenvalue weighted by molar-refractivity contribution is 0.0739. The molecule has 2 aromatic carbocycles. The highest BCUT2D eigenvalue weighted by Gasteiger charge is 2.23. The highest BCUT2D eigenvalue weighted by atomic mass is 16.3. The van der Waals surface area contributed by atoms with Gasteiger partial charge in [-0.2, -0.15) is 0 Å². The number of hydrogen-bond acceptors (Lipinski definition) is 3. The zero-order valence-electron chi connectivity index (χ0n) is 16.3. The summed E-state index contributed by atoms with van der Waals surface area (Å²) in [5.41, 5.74) is 1.59. The number of rotatable bonds is 12. The van der Waals surface area contributed by atoms with Crippen molar-refractivity contribution in [2.75, 3.05) is 0 Å². The SMILES string of the molecule is CCCCCCCCCC(O)c1ccccc1C(=O)C(O)c1ccccc1. The molecule has 0 amide bonds. The first-order valence-corrected chi connectivity index (χ1v) is 10.2. The van der Waals surface area contributed by atoms with E-state index in [4.69, 9.17) is 0 Å². The highest BCUT2D eigenvalue weighted by molar-refractivity contribution is 6.01. The Bertz CT molecular complexity index is 681. The summed E-state index contributed by atoms with van der Waals surface area (Å²) in [6.45, 7) is 2.21. The number of aliphatic hydroxyl groups excluding tert-OH is 2. The van der Waals surface area contributed by atoms with Crippen LogP contribution in [0.5, 0.6) is 0 Å². The first-order chi connectivity index (χ1) is 13.1. The van der Waals surface area contributed by atoms with Gasteiger partial charge in [-0.25, -0.2) is 0 Å². The van der Waals surface area contributed by atoms with Gasteiger partial charge >= 0.3 is 0 Å². The molecule has 3 heteroatoms. The van der Waals surface area contributed by atoms with E-state index in [0.29, 0.717) is 23.1 Å². The van der Waals surface area contributed by atoms with Crippen LogP contribution >= 0.6 is 0 Å². The Hall–Kier alpha value is -1.97. The summed E-state index contributed by atoms with van der Waals surface area (Å²) >= 11 is 0. The number of Topliss-reactive ketones (excluding diaryl/α,β-unsaturated/α-hetero) is 1. The maximum absolute atomic E-state index is 12.8. The summed E-state index contributed by atoms with van der Waals surface area (Å²) in [4.78, 5) is 12.8. The third-order valence-electron chi connectivity index (χ3n) is 5.03. The molecule has 146 valence electrons. The maximum atomic E-state index is 12.8. The topological polar surface area (TPSA) is 57.5 Å². The van der Waals surface area contributed by atoms with Crippen LogP contribution in [0, 0.1) is 0 Å². The molecule has 0 saturated carbocycles. The van der Waals surface area contributed by atoms with Gasteiger partial charge in [-0.1, -0.05) is 106 Å². The molecule has 0 radical (unpaired) electrons. The first kappa shape index (κ1) is 21.3. The lowest BCUT2D eigenvalue weighted by Gasteiger charge is -2.17. The maximum Gasteiger partial charge on any atom is 0.196 e. The lowest BCUT2D eigenvalue weighted by Crippen LogP contribution is -2.15. The van der Waals surface area contributed by atoms with Crippen molar-refractivity contribution in [3.63, 3.8) is 0 Å². The minimum Gasteiger partial charge on any atom is -0.388 e. The Labute approximate surface area is 163 Å². The summed E-state index contributed by atoms with van der Waals surface area (Å²) in [7, 11) is 0. The Balaban J connectivity index is 1.95. The normalized spacial score (nSPS) is 13.3. The van der Waals surface area contributed by atoms with Crippen molar-refractivity contribution in [1.82, 2.24) is 0 Å². The number of ketones is 1. The monoisotopic (exact) mass is 368 g/mol. The third kappa shape index (κ3) is 6.60. The number of unbranched alkanes of at least 4 members (excludes halogenated alkanes) is 6. The van der Waals surface area contributed by atoms with Gasteiger partial charge in [0.05, 0.1) is 6.10 Å². The van der Waals surface area contributed by atoms with E-state index in [1.54, 1.807) is 42.5 Å². The van der Waals surface area contributed by atoms with Gasteiger partial charge in [0.1, 0.15) is 6.10 Å². The zero-order valence-corrected chi connectivity index (χ0v) is 16.3. The standard InChI is InChI=1S/C24H32O3/c1-2-3-4-5-6-7-11-18-22(25)20-16-12-13-17-21(20)24(27)23(26)19-14-9-8-10-15-19/h8-10,12-17,22-23,25-26H,2-7,11,18H2,1H3. The Morgan fingerprint density at radius 2 is 1.41 bits per heavy atom. The molecule has 2 N–H and O–H groups in total. The molecule has 2 unspecified atom stereocenters. The second kappa shape index (κ2) is 11.7. The van der Waals surface area contributed by atoms with Gasteiger partial charge in [0.2, 0.25) is 0 Å². The predicted octanol–water partition coefficient (Wildman–Crippen LogP) is 5.78. The summed E-state index contributed by atoms with van der Waals surface area (Å²) in [5, 5.41) is 21.0. The van der Waals surface area contributed by atoms with E-state index in [9.17, 15) is 15.0 Å². The fourth-order valence-electron chi connectivity index (χ4n) is 3.40.